The maximum atomic E-state index is 12.8. The molecular weight excluding hydrogens is 386 g/mol. The Morgan fingerprint density at radius 3 is 2.45 bits per heavy atom. The first-order valence-corrected chi connectivity index (χ1v) is 10.3. The van der Waals surface area contributed by atoms with Crippen molar-refractivity contribution in [3.05, 3.63) is 68.5 Å². The molecule has 0 unspecified atom stereocenters. The van der Waals surface area contributed by atoms with Gasteiger partial charge in [-0.1, -0.05) is 47.2 Å². The van der Waals surface area contributed by atoms with Crippen molar-refractivity contribution in [2.45, 2.75) is 20.8 Å². The van der Waals surface area contributed by atoms with Crippen LogP contribution in [0.15, 0.2) is 47.3 Å². The molecule has 0 atom stereocenters. The molecule has 0 aliphatic carbocycles. The summed E-state index contributed by atoms with van der Waals surface area (Å²) in [5.41, 5.74) is 2.74. The van der Waals surface area contributed by atoms with Gasteiger partial charge in [-0.05, 0) is 44.5 Å². The predicted molar refractivity (Wildman–Crippen MR) is 115 cm³/mol. The SMILES string of the molecule is CCOc1ccc(/C=c2/sc3nc(-c4ccc(C)cc4)nn3c2=O)cc1OCC. The molecule has 0 saturated heterocycles. The van der Waals surface area contributed by atoms with Crippen LogP contribution in [0, 0.1) is 6.92 Å². The second-order valence-electron chi connectivity index (χ2n) is 6.48. The zero-order valence-corrected chi connectivity index (χ0v) is 17.3. The second kappa shape index (κ2) is 8.05. The maximum absolute atomic E-state index is 12.8. The number of ether oxygens (including phenoxy) is 2. The monoisotopic (exact) mass is 407 g/mol. The van der Waals surface area contributed by atoms with Gasteiger partial charge in [-0.3, -0.25) is 4.79 Å². The first kappa shape index (κ1) is 19.1. The summed E-state index contributed by atoms with van der Waals surface area (Å²) in [6.07, 6.45) is 1.83. The number of benzene rings is 2. The van der Waals surface area contributed by atoms with Crippen molar-refractivity contribution in [3.63, 3.8) is 0 Å². The molecule has 0 amide bonds. The Kier molecular flexibility index (Phi) is 5.31. The second-order valence-corrected chi connectivity index (χ2v) is 7.49. The number of hydrogen-bond donors (Lipinski definition) is 0. The van der Waals surface area contributed by atoms with Gasteiger partial charge in [0, 0.05) is 5.56 Å². The fourth-order valence-corrected chi connectivity index (χ4v) is 3.88. The summed E-state index contributed by atoms with van der Waals surface area (Å²) in [5, 5.41) is 4.40. The lowest BCUT2D eigenvalue weighted by atomic mass is 10.1. The van der Waals surface area contributed by atoms with Crippen molar-refractivity contribution in [2.24, 2.45) is 0 Å². The molecule has 0 radical (unpaired) electrons. The smallest absolute Gasteiger partial charge is 0.291 e. The highest BCUT2D eigenvalue weighted by Crippen LogP contribution is 2.28. The van der Waals surface area contributed by atoms with Gasteiger partial charge in [0.1, 0.15) is 0 Å². The molecule has 2 heterocycles. The molecule has 7 heteroatoms. The third-order valence-electron chi connectivity index (χ3n) is 4.36. The number of aryl methyl sites for hydroxylation is 1. The number of fused-ring (bicyclic) bond motifs is 1. The number of rotatable bonds is 6. The third-order valence-corrected chi connectivity index (χ3v) is 5.32. The van der Waals surface area contributed by atoms with E-state index in [-0.39, 0.29) is 5.56 Å². The lowest BCUT2D eigenvalue weighted by molar-refractivity contribution is 0.287. The van der Waals surface area contributed by atoms with Crippen LogP contribution in [0.1, 0.15) is 25.0 Å². The first-order valence-electron chi connectivity index (χ1n) is 9.47. The molecule has 6 nitrogen and oxygen atoms in total. The quantitative estimate of drug-likeness (QED) is 0.490. The van der Waals surface area contributed by atoms with Crippen LogP contribution in [0.2, 0.25) is 0 Å². The normalized spacial score (nSPS) is 11.9. The van der Waals surface area contributed by atoms with E-state index in [0.29, 0.717) is 40.0 Å². The number of thiazole rings is 1. The summed E-state index contributed by atoms with van der Waals surface area (Å²) in [6.45, 7) is 6.98. The van der Waals surface area contributed by atoms with E-state index in [1.807, 2.05) is 69.3 Å². The zero-order chi connectivity index (χ0) is 20.4. The molecule has 0 saturated carbocycles. The van der Waals surface area contributed by atoms with E-state index >= 15 is 0 Å². The van der Waals surface area contributed by atoms with Gasteiger partial charge in [-0.15, -0.1) is 5.10 Å². The molecule has 2 aromatic heterocycles. The minimum absolute atomic E-state index is 0.178. The van der Waals surface area contributed by atoms with Gasteiger partial charge in [0.15, 0.2) is 17.3 Å². The predicted octanol–water partition coefficient (Wildman–Crippen LogP) is 3.47. The summed E-state index contributed by atoms with van der Waals surface area (Å²) in [4.78, 5) is 17.9. The molecule has 29 heavy (non-hydrogen) atoms. The Bertz CT molecular complexity index is 1260. The number of hydrogen-bond acceptors (Lipinski definition) is 6. The Labute approximate surface area is 172 Å². The van der Waals surface area contributed by atoms with Gasteiger partial charge in [-0.2, -0.15) is 9.50 Å². The van der Waals surface area contributed by atoms with Gasteiger partial charge in [0.25, 0.3) is 5.56 Å². The summed E-state index contributed by atoms with van der Waals surface area (Å²) in [6, 6.07) is 13.6. The van der Waals surface area contributed by atoms with E-state index in [0.717, 1.165) is 16.7 Å². The molecule has 148 valence electrons. The summed E-state index contributed by atoms with van der Waals surface area (Å²) in [7, 11) is 0. The number of nitrogens with zero attached hydrogens (tertiary/aromatic N) is 3. The Morgan fingerprint density at radius 2 is 1.76 bits per heavy atom. The molecule has 4 rings (SSSR count). The fourth-order valence-electron chi connectivity index (χ4n) is 2.97. The van der Waals surface area contributed by atoms with E-state index in [9.17, 15) is 4.79 Å². The summed E-state index contributed by atoms with van der Waals surface area (Å²) < 4.78 is 13.2. The highest BCUT2D eigenvalue weighted by atomic mass is 32.1. The van der Waals surface area contributed by atoms with Crippen LogP contribution in [0.4, 0.5) is 0 Å². The lowest BCUT2D eigenvalue weighted by Gasteiger charge is -2.11. The van der Waals surface area contributed by atoms with Crippen molar-refractivity contribution in [1.82, 2.24) is 14.6 Å². The van der Waals surface area contributed by atoms with Crippen LogP contribution in [-0.2, 0) is 0 Å². The van der Waals surface area contributed by atoms with E-state index in [2.05, 4.69) is 10.1 Å². The molecule has 2 aromatic carbocycles. The number of aromatic nitrogens is 3. The van der Waals surface area contributed by atoms with Gasteiger partial charge in [-0.25, -0.2) is 0 Å². The largest absolute Gasteiger partial charge is 0.490 e. The molecular formula is C22H21N3O3S. The minimum atomic E-state index is -0.178. The van der Waals surface area contributed by atoms with Gasteiger partial charge in [0.05, 0.1) is 17.7 Å². The average molecular weight is 407 g/mol. The van der Waals surface area contributed by atoms with Crippen LogP contribution in [0.5, 0.6) is 11.5 Å². The Hall–Kier alpha value is -3.19. The molecule has 0 aliphatic rings. The van der Waals surface area contributed by atoms with Crippen LogP contribution in [0.3, 0.4) is 0 Å². The van der Waals surface area contributed by atoms with Crippen molar-refractivity contribution in [2.75, 3.05) is 13.2 Å². The van der Waals surface area contributed by atoms with Crippen molar-refractivity contribution >= 4 is 22.4 Å². The topological polar surface area (TPSA) is 65.7 Å². The zero-order valence-electron chi connectivity index (χ0n) is 16.5. The summed E-state index contributed by atoms with van der Waals surface area (Å²) in [5.74, 6) is 1.91. The van der Waals surface area contributed by atoms with E-state index < -0.39 is 0 Å². The van der Waals surface area contributed by atoms with Crippen LogP contribution in [-0.4, -0.2) is 27.8 Å². The highest BCUT2D eigenvalue weighted by molar-refractivity contribution is 7.15. The van der Waals surface area contributed by atoms with Crippen molar-refractivity contribution < 1.29 is 9.47 Å². The third kappa shape index (κ3) is 3.86. The van der Waals surface area contributed by atoms with Gasteiger partial charge in [0.2, 0.25) is 4.96 Å². The molecule has 0 fully saturated rings. The van der Waals surface area contributed by atoms with Crippen molar-refractivity contribution in [3.8, 4) is 22.9 Å². The minimum Gasteiger partial charge on any atom is -0.490 e. The molecule has 4 aromatic rings. The molecule has 0 N–H and O–H groups in total. The molecule has 0 aliphatic heterocycles. The van der Waals surface area contributed by atoms with Gasteiger partial charge >= 0.3 is 0 Å². The standard InChI is InChI=1S/C22H21N3O3S/c1-4-27-17-11-8-15(12-18(17)28-5-2)13-19-21(26)25-22(29-19)23-20(24-25)16-9-6-14(3)7-10-16/h6-13H,4-5H2,1-3H3/b19-13+. The molecule has 0 bridgehead atoms. The first-order chi connectivity index (χ1) is 14.1. The van der Waals surface area contributed by atoms with E-state index in [4.69, 9.17) is 9.47 Å². The highest BCUT2D eigenvalue weighted by Gasteiger charge is 2.12. The van der Waals surface area contributed by atoms with Crippen LogP contribution < -0.4 is 19.6 Å². The van der Waals surface area contributed by atoms with Crippen molar-refractivity contribution in [1.29, 1.82) is 0 Å². The van der Waals surface area contributed by atoms with Crippen LogP contribution >= 0.6 is 11.3 Å². The van der Waals surface area contributed by atoms with E-state index in [1.165, 1.54) is 15.9 Å². The van der Waals surface area contributed by atoms with Crippen LogP contribution in [0.25, 0.3) is 22.4 Å². The van der Waals surface area contributed by atoms with E-state index in [1.54, 1.807) is 0 Å². The van der Waals surface area contributed by atoms with Gasteiger partial charge < -0.3 is 9.47 Å². The maximum Gasteiger partial charge on any atom is 0.291 e. The Balaban J connectivity index is 1.72. The lowest BCUT2D eigenvalue weighted by Crippen LogP contribution is -2.23. The fraction of sp³-hybridized carbons (Fsp3) is 0.227. The summed E-state index contributed by atoms with van der Waals surface area (Å²) >= 11 is 1.32. The average Bonchev–Trinajstić information content (AvgIpc) is 3.25. The Morgan fingerprint density at radius 1 is 1.03 bits per heavy atom. The molecule has 0 spiro atoms.